The topological polar surface area (TPSA) is 74.1 Å². The van der Waals surface area contributed by atoms with Crippen LogP contribution in [0, 0.1) is 13.8 Å². The van der Waals surface area contributed by atoms with Crippen molar-refractivity contribution >= 4 is 56.0 Å². The van der Waals surface area contributed by atoms with Crippen LogP contribution in [0.2, 0.25) is 0 Å². The SMILES string of the molecule is Cc1cc(Nc2ncnc3ccc(C)c(OCCCI)c23)ccc1Oc1ccc2c(c1)ncn2C. The van der Waals surface area contributed by atoms with Gasteiger partial charge in [-0.25, -0.2) is 15.0 Å². The average molecular weight is 579 g/mol. The van der Waals surface area contributed by atoms with Crippen LogP contribution in [0.3, 0.4) is 0 Å². The predicted octanol–water partition coefficient (Wildman–Crippen LogP) is 6.87. The molecule has 35 heavy (non-hydrogen) atoms. The number of fused-ring (bicyclic) bond motifs is 2. The van der Waals surface area contributed by atoms with E-state index < -0.39 is 0 Å². The third kappa shape index (κ3) is 4.88. The van der Waals surface area contributed by atoms with Crippen molar-refractivity contribution < 1.29 is 9.47 Å². The van der Waals surface area contributed by atoms with E-state index in [9.17, 15) is 0 Å². The molecular weight excluding hydrogens is 553 g/mol. The molecule has 0 saturated heterocycles. The van der Waals surface area contributed by atoms with Gasteiger partial charge in [0.15, 0.2) is 0 Å². The third-order valence-electron chi connectivity index (χ3n) is 5.84. The van der Waals surface area contributed by atoms with E-state index in [1.54, 1.807) is 12.7 Å². The van der Waals surface area contributed by atoms with Crippen molar-refractivity contribution in [3.8, 4) is 17.2 Å². The number of nitrogens with one attached hydrogen (secondary N) is 1. The number of ether oxygens (including phenoxy) is 2. The molecule has 5 rings (SSSR count). The molecule has 3 aromatic carbocycles. The standard InChI is InChI=1S/C27H26IN5O2/c1-17-5-8-21-25(26(17)34-12-4-11-28)27(30-15-29-21)32-19-6-10-24(18(2)13-19)35-20-7-9-23-22(14-20)31-16-33(23)3/h5-10,13-16H,4,11-12H2,1-3H3,(H,29,30,32). The van der Waals surface area contributed by atoms with E-state index in [0.29, 0.717) is 6.61 Å². The van der Waals surface area contributed by atoms with Gasteiger partial charge in [0.05, 0.1) is 34.9 Å². The molecule has 0 atom stereocenters. The van der Waals surface area contributed by atoms with Crippen molar-refractivity contribution in [2.75, 3.05) is 16.4 Å². The fourth-order valence-corrected chi connectivity index (χ4v) is 4.33. The molecule has 2 heterocycles. The number of benzene rings is 3. The lowest BCUT2D eigenvalue weighted by atomic mass is 10.1. The van der Waals surface area contributed by atoms with Crippen LogP contribution in [-0.4, -0.2) is 30.6 Å². The van der Waals surface area contributed by atoms with Crippen LogP contribution in [0.1, 0.15) is 17.5 Å². The molecule has 0 aliphatic rings. The van der Waals surface area contributed by atoms with Gasteiger partial charge in [-0.15, -0.1) is 0 Å². The number of aromatic nitrogens is 4. The molecule has 1 N–H and O–H groups in total. The molecule has 0 unspecified atom stereocenters. The Labute approximate surface area is 217 Å². The minimum Gasteiger partial charge on any atom is -0.492 e. The average Bonchev–Trinajstić information content (AvgIpc) is 3.22. The Morgan fingerprint density at radius 3 is 2.66 bits per heavy atom. The van der Waals surface area contributed by atoms with Gasteiger partial charge in [-0.05, 0) is 67.8 Å². The van der Waals surface area contributed by atoms with E-state index >= 15 is 0 Å². The largest absolute Gasteiger partial charge is 0.492 e. The summed E-state index contributed by atoms with van der Waals surface area (Å²) in [6.07, 6.45) is 4.37. The number of hydrogen-bond donors (Lipinski definition) is 1. The highest BCUT2D eigenvalue weighted by Gasteiger charge is 2.14. The van der Waals surface area contributed by atoms with Gasteiger partial charge >= 0.3 is 0 Å². The summed E-state index contributed by atoms with van der Waals surface area (Å²) in [4.78, 5) is 13.4. The van der Waals surface area contributed by atoms with E-state index in [2.05, 4.69) is 48.9 Å². The summed E-state index contributed by atoms with van der Waals surface area (Å²) in [5.41, 5.74) is 5.80. The molecule has 0 radical (unpaired) electrons. The van der Waals surface area contributed by atoms with Gasteiger partial charge in [0.1, 0.15) is 29.4 Å². The Bertz CT molecular complexity index is 1520. The molecule has 7 nitrogen and oxygen atoms in total. The van der Waals surface area contributed by atoms with Crippen LogP contribution in [0.25, 0.3) is 21.9 Å². The zero-order valence-corrected chi connectivity index (χ0v) is 22.0. The number of halogens is 1. The van der Waals surface area contributed by atoms with Crippen LogP contribution in [0.5, 0.6) is 17.2 Å². The van der Waals surface area contributed by atoms with Gasteiger partial charge in [-0.1, -0.05) is 28.7 Å². The van der Waals surface area contributed by atoms with E-state index in [1.807, 2.05) is 67.9 Å². The van der Waals surface area contributed by atoms with Crippen LogP contribution < -0.4 is 14.8 Å². The number of aryl methyl sites for hydroxylation is 3. The maximum absolute atomic E-state index is 6.17. The highest BCUT2D eigenvalue weighted by atomic mass is 127. The van der Waals surface area contributed by atoms with Crippen LogP contribution in [0.15, 0.2) is 61.2 Å². The molecule has 5 aromatic rings. The first-order valence-corrected chi connectivity index (χ1v) is 13.0. The summed E-state index contributed by atoms with van der Waals surface area (Å²) in [5, 5.41) is 4.35. The van der Waals surface area contributed by atoms with Gasteiger partial charge in [0.25, 0.3) is 0 Å². The lowest BCUT2D eigenvalue weighted by molar-refractivity contribution is 0.321. The highest BCUT2D eigenvalue weighted by Crippen LogP contribution is 2.35. The molecule has 0 fully saturated rings. The van der Waals surface area contributed by atoms with Crippen LogP contribution in [-0.2, 0) is 7.05 Å². The van der Waals surface area contributed by atoms with E-state index in [4.69, 9.17) is 9.47 Å². The maximum Gasteiger partial charge on any atom is 0.145 e. The van der Waals surface area contributed by atoms with E-state index in [-0.39, 0.29) is 0 Å². The fourth-order valence-electron chi connectivity index (χ4n) is 4.02. The first kappa shape index (κ1) is 23.3. The maximum atomic E-state index is 6.17. The van der Waals surface area contributed by atoms with Gasteiger partial charge in [0, 0.05) is 23.2 Å². The quantitative estimate of drug-likeness (QED) is 0.123. The molecule has 0 amide bonds. The minimum absolute atomic E-state index is 0.659. The summed E-state index contributed by atoms with van der Waals surface area (Å²) >= 11 is 2.36. The van der Waals surface area contributed by atoms with Crippen molar-refractivity contribution in [2.24, 2.45) is 7.05 Å². The number of alkyl halides is 1. The molecule has 2 aromatic heterocycles. The third-order valence-corrected chi connectivity index (χ3v) is 6.60. The van der Waals surface area contributed by atoms with Crippen molar-refractivity contribution in [1.82, 2.24) is 19.5 Å². The van der Waals surface area contributed by atoms with E-state index in [0.717, 1.165) is 72.7 Å². The molecule has 0 bridgehead atoms. The number of anilines is 2. The van der Waals surface area contributed by atoms with Crippen LogP contribution in [0.4, 0.5) is 11.5 Å². The van der Waals surface area contributed by atoms with Gasteiger partial charge in [0.2, 0.25) is 0 Å². The molecule has 8 heteroatoms. The second-order valence-corrected chi connectivity index (χ2v) is 9.51. The van der Waals surface area contributed by atoms with E-state index in [1.165, 1.54) is 0 Å². The zero-order chi connectivity index (χ0) is 24.4. The summed E-state index contributed by atoms with van der Waals surface area (Å²) < 4.78 is 15.4. The van der Waals surface area contributed by atoms with Crippen molar-refractivity contribution in [1.29, 1.82) is 0 Å². The Kier molecular flexibility index (Phi) is 6.72. The molecule has 0 aliphatic heterocycles. The molecule has 178 valence electrons. The fraction of sp³-hybridized carbons (Fsp3) is 0.222. The Hall–Kier alpha value is -3.40. The molecular formula is C27H26IN5O2. The zero-order valence-electron chi connectivity index (χ0n) is 19.9. The normalized spacial score (nSPS) is 11.2. The Morgan fingerprint density at radius 2 is 1.83 bits per heavy atom. The summed E-state index contributed by atoms with van der Waals surface area (Å²) in [6, 6.07) is 16.0. The second kappa shape index (κ2) is 10.1. The number of nitrogens with zero attached hydrogens (tertiary/aromatic N) is 4. The van der Waals surface area contributed by atoms with Gasteiger partial charge in [-0.3, -0.25) is 0 Å². The van der Waals surface area contributed by atoms with Crippen molar-refractivity contribution in [3.63, 3.8) is 0 Å². The smallest absolute Gasteiger partial charge is 0.145 e. The van der Waals surface area contributed by atoms with Gasteiger partial charge < -0.3 is 19.4 Å². The number of imidazole rings is 1. The molecule has 0 saturated carbocycles. The highest BCUT2D eigenvalue weighted by molar-refractivity contribution is 14.1. The molecule has 0 aliphatic carbocycles. The second-order valence-electron chi connectivity index (χ2n) is 8.43. The summed E-state index contributed by atoms with van der Waals surface area (Å²) in [6.45, 7) is 4.74. The number of hydrogen-bond acceptors (Lipinski definition) is 6. The summed E-state index contributed by atoms with van der Waals surface area (Å²) in [7, 11) is 1.98. The predicted molar refractivity (Wildman–Crippen MR) is 149 cm³/mol. The Balaban J connectivity index is 1.41. The lowest BCUT2D eigenvalue weighted by Crippen LogP contribution is -2.03. The van der Waals surface area contributed by atoms with Crippen LogP contribution >= 0.6 is 22.6 Å². The van der Waals surface area contributed by atoms with Gasteiger partial charge in [-0.2, -0.15) is 0 Å². The minimum atomic E-state index is 0.659. The lowest BCUT2D eigenvalue weighted by Gasteiger charge is -2.16. The summed E-state index contributed by atoms with van der Waals surface area (Å²) in [5.74, 6) is 3.09. The monoisotopic (exact) mass is 579 g/mol. The van der Waals surface area contributed by atoms with Crippen molar-refractivity contribution in [2.45, 2.75) is 20.3 Å². The number of rotatable bonds is 8. The molecule has 0 spiro atoms. The Morgan fingerprint density at radius 1 is 0.943 bits per heavy atom. The first-order chi connectivity index (χ1) is 17.0. The van der Waals surface area contributed by atoms with Crippen molar-refractivity contribution in [3.05, 3.63) is 72.3 Å². The first-order valence-electron chi connectivity index (χ1n) is 11.4.